The second-order valence-corrected chi connectivity index (χ2v) is 14.4. The van der Waals surface area contributed by atoms with Crippen LogP contribution in [0.5, 0.6) is 0 Å². The van der Waals surface area contributed by atoms with Crippen LogP contribution in [0.4, 0.5) is 0 Å². The quantitative estimate of drug-likeness (QED) is 0.101. The number of methoxy groups -OCH3 is 1. The van der Waals surface area contributed by atoms with Gasteiger partial charge in [0.25, 0.3) is 0 Å². The molecule has 0 amide bonds. The molecule has 2 aromatic rings. The Balaban J connectivity index is 1.17. The van der Waals surface area contributed by atoms with Gasteiger partial charge >= 0.3 is 5.97 Å². The van der Waals surface area contributed by atoms with E-state index in [0.717, 1.165) is 24.7 Å². The number of ether oxygens (including phenoxy) is 2. The summed E-state index contributed by atoms with van der Waals surface area (Å²) in [6.07, 6.45) is 19.8. The average molecular weight is 631 g/mol. The van der Waals surface area contributed by atoms with Gasteiger partial charge in [-0.25, -0.2) is 4.79 Å². The van der Waals surface area contributed by atoms with Crippen molar-refractivity contribution in [2.45, 2.75) is 128 Å². The number of hydrogen-bond acceptors (Lipinski definition) is 4. The molecule has 1 unspecified atom stereocenters. The van der Waals surface area contributed by atoms with Crippen LogP contribution in [0, 0.1) is 17.8 Å². The van der Waals surface area contributed by atoms with Gasteiger partial charge in [-0.2, -0.15) is 0 Å². The third-order valence-corrected chi connectivity index (χ3v) is 11.3. The molecule has 2 aliphatic carbocycles. The van der Waals surface area contributed by atoms with Crippen LogP contribution >= 0.6 is 0 Å². The van der Waals surface area contributed by atoms with E-state index in [1.54, 1.807) is 29.4 Å². The van der Waals surface area contributed by atoms with Crippen molar-refractivity contribution in [2.24, 2.45) is 17.8 Å². The van der Waals surface area contributed by atoms with Gasteiger partial charge in [-0.3, -0.25) is 0 Å². The number of aliphatic hydroxyl groups is 1. The molecule has 46 heavy (non-hydrogen) atoms. The molecule has 1 N–H and O–H groups in total. The number of benzene rings is 2. The molecule has 2 aliphatic rings. The van der Waals surface area contributed by atoms with Crippen molar-refractivity contribution in [1.29, 1.82) is 0 Å². The first-order chi connectivity index (χ1) is 22.4. The van der Waals surface area contributed by atoms with E-state index in [2.05, 4.69) is 62.9 Å². The Labute approximate surface area is 280 Å². The molecule has 254 valence electrons. The van der Waals surface area contributed by atoms with Gasteiger partial charge < -0.3 is 14.6 Å². The summed E-state index contributed by atoms with van der Waals surface area (Å²) >= 11 is 0. The van der Waals surface area contributed by atoms with Crippen molar-refractivity contribution in [2.75, 3.05) is 26.9 Å². The lowest BCUT2D eigenvalue weighted by atomic mass is 9.73. The largest absolute Gasteiger partial charge is 0.462 e. The van der Waals surface area contributed by atoms with Gasteiger partial charge in [-0.1, -0.05) is 88.6 Å². The molecule has 4 heteroatoms. The number of esters is 1. The number of carbonyl (C=O) groups is 1. The number of hydrogen-bond donors (Lipinski definition) is 1. The summed E-state index contributed by atoms with van der Waals surface area (Å²) in [5.74, 6) is 2.74. The minimum atomic E-state index is -0.498. The lowest BCUT2D eigenvalue weighted by molar-refractivity contribution is -0.140. The summed E-state index contributed by atoms with van der Waals surface area (Å²) in [6.45, 7) is 8.86. The fourth-order valence-corrected chi connectivity index (χ4v) is 8.21. The number of aliphatic hydroxyl groups excluding tert-OH is 1. The molecule has 2 aromatic carbocycles. The lowest BCUT2D eigenvalue weighted by Gasteiger charge is -2.34. The van der Waals surface area contributed by atoms with E-state index >= 15 is 0 Å². The van der Waals surface area contributed by atoms with Crippen molar-refractivity contribution >= 4 is 5.97 Å². The van der Waals surface area contributed by atoms with Crippen molar-refractivity contribution < 1.29 is 19.4 Å². The fourth-order valence-electron chi connectivity index (χ4n) is 8.21. The molecule has 4 rings (SSSR count). The first-order valence-electron chi connectivity index (χ1n) is 18.6. The second-order valence-electron chi connectivity index (χ2n) is 14.4. The highest BCUT2D eigenvalue weighted by molar-refractivity contribution is 5.87. The summed E-state index contributed by atoms with van der Waals surface area (Å²) in [5, 5.41) is 9.07. The third kappa shape index (κ3) is 10.8. The predicted molar refractivity (Wildman–Crippen MR) is 190 cm³/mol. The zero-order valence-corrected chi connectivity index (χ0v) is 29.2. The lowest BCUT2D eigenvalue weighted by Crippen LogP contribution is -2.27. The highest BCUT2D eigenvalue weighted by Crippen LogP contribution is 2.41. The molecule has 4 nitrogen and oxygen atoms in total. The van der Waals surface area contributed by atoms with Crippen molar-refractivity contribution in [3.8, 4) is 0 Å². The number of unbranched alkanes of at least 4 members (excludes halogenated alkanes) is 2. The van der Waals surface area contributed by atoms with E-state index in [0.29, 0.717) is 31.0 Å². The van der Waals surface area contributed by atoms with Crippen LogP contribution in [0.1, 0.15) is 137 Å². The molecular weight excluding hydrogens is 568 g/mol. The monoisotopic (exact) mass is 630 g/mol. The molecule has 1 atom stereocenters. The normalized spacial score (nSPS) is 22.3. The highest BCUT2D eigenvalue weighted by Gasteiger charge is 2.28. The second kappa shape index (κ2) is 19.4. The van der Waals surface area contributed by atoms with Crippen LogP contribution in [-0.2, 0) is 33.5 Å². The van der Waals surface area contributed by atoms with Crippen LogP contribution in [-0.4, -0.2) is 38.0 Å². The van der Waals surface area contributed by atoms with E-state index < -0.39 is 5.97 Å². The number of carbonyl (C=O) groups excluding carboxylic acids is 1. The first kappa shape index (κ1) is 36.4. The zero-order valence-electron chi connectivity index (χ0n) is 29.2. The molecular formula is C42H62O4. The van der Waals surface area contributed by atoms with E-state index in [1.165, 1.54) is 95.5 Å². The summed E-state index contributed by atoms with van der Waals surface area (Å²) in [7, 11) is 1.76. The van der Waals surface area contributed by atoms with Gasteiger partial charge in [-0.15, -0.1) is 0 Å². The average Bonchev–Trinajstić information content (AvgIpc) is 3.10. The first-order valence-corrected chi connectivity index (χ1v) is 18.6. The van der Waals surface area contributed by atoms with E-state index in [1.807, 2.05) is 0 Å². The minimum absolute atomic E-state index is 0.112. The zero-order chi connectivity index (χ0) is 32.7. The van der Waals surface area contributed by atoms with Gasteiger partial charge in [-0.05, 0) is 134 Å². The van der Waals surface area contributed by atoms with Crippen LogP contribution < -0.4 is 0 Å². The van der Waals surface area contributed by atoms with E-state index in [4.69, 9.17) is 14.6 Å². The maximum atomic E-state index is 11.8. The SMILES string of the molecule is C=C(CO)C(=O)OCCC(COC)C1CCC(CCc2ccc(C3CCC(c4ccc(CCCCC)c(CC)c4)CC3)cc2)CC1. The Morgan fingerprint density at radius 2 is 1.54 bits per heavy atom. The Morgan fingerprint density at radius 1 is 0.870 bits per heavy atom. The molecule has 2 fully saturated rings. The molecule has 0 spiro atoms. The Hall–Kier alpha value is -2.43. The molecule has 0 aliphatic heterocycles. The summed E-state index contributed by atoms with van der Waals surface area (Å²) in [5.41, 5.74) is 7.88. The van der Waals surface area contributed by atoms with Crippen LogP contribution in [0.3, 0.4) is 0 Å². The molecule has 0 aromatic heterocycles. The topological polar surface area (TPSA) is 55.8 Å². The molecule has 2 saturated carbocycles. The Kier molecular flexibility index (Phi) is 15.4. The van der Waals surface area contributed by atoms with E-state index in [9.17, 15) is 4.79 Å². The standard InChI is InChI=1S/C42H62O4/c1-5-7-8-9-35-24-25-40(28-34(35)6-2)38-22-20-37(21-23-38)36-16-12-32(13-17-36)10-11-33-14-18-39(19-15-33)41(30-45-4)26-27-46-42(44)31(3)29-43/h12-13,16-17,24-25,28,33,37-39,41,43H,3,5-11,14-15,18-23,26-27,29-30H2,1-2,4H3. The van der Waals surface area contributed by atoms with Gasteiger partial charge in [0.1, 0.15) is 0 Å². The van der Waals surface area contributed by atoms with Crippen LogP contribution in [0.15, 0.2) is 54.6 Å². The highest BCUT2D eigenvalue weighted by atomic mass is 16.5. The molecule has 0 bridgehead atoms. The van der Waals surface area contributed by atoms with E-state index in [-0.39, 0.29) is 12.2 Å². The van der Waals surface area contributed by atoms with Gasteiger partial charge in [0.05, 0.1) is 18.8 Å². The van der Waals surface area contributed by atoms with Gasteiger partial charge in [0, 0.05) is 13.7 Å². The maximum Gasteiger partial charge on any atom is 0.335 e. The molecule has 0 saturated heterocycles. The van der Waals surface area contributed by atoms with Crippen molar-refractivity contribution in [1.82, 2.24) is 0 Å². The van der Waals surface area contributed by atoms with Crippen molar-refractivity contribution in [3.63, 3.8) is 0 Å². The Bertz CT molecular complexity index is 1180. The van der Waals surface area contributed by atoms with Gasteiger partial charge in [0.15, 0.2) is 0 Å². The molecule has 0 heterocycles. The minimum Gasteiger partial charge on any atom is -0.462 e. The van der Waals surface area contributed by atoms with Crippen molar-refractivity contribution in [3.05, 3.63) is 82.4 Å². The number of aryl methyl sites for hydroxylation is 3. The summed E-state index contributed by atoms with van der Waals surface area (Å²) in [6, 6.07) is 17.1. The molecule has 0 radical (unpaired) electrons. The fraction of sp³-hybridized carbons (Fsp3) is 0.643. The smallest absolute Gasteiger partial charge is 0.335 e. The van der Waals surface area contributed by atoms with Crippen LogP contribution in [0.2, 0.25) is 0 Å². The predicted octanol–water partition coefficient (Wildman–Crippen LogP) is 9.91. The summed E-state index contributed by atoms with van der Waals surface area (Å²) < 4.78 is 10.8. The summed E-state index contributed by atoms with van der Waals surface area (Å²) in [4.78, 5) is 11.8. The number of rotatable bonds is 18. The third-order valence-electron chi connectivity index (χ3n) is 11.3. The van der Waals surface area contributed by atoms with Crippen LogP contribution in [0.25, 0.3) is 0 Å². The van der Waals surface area contributed by atoms with Gasteiger partial charge in [0.2, 0.25) is 0 Å². The maximum absolute atomic E-state index is 11.8. The Morgan fingerprint density at radius 3 is 2.17 bits per heavy atom.